The van der Waals surface area contributed by atoms with Crippen molar-refractivity contribution < 1.29 is 14.7 Å². The number of hydrogen-bond donors (Lipinski definition) is 3. The van der Waals surface area contributed by atoms with Gasteiger partial charge in [0.15, 0.2) is 0 Å². The normalized spacial score (nSPS) is 23.7. The zero-order valence-electron chi connectivity index (χ0n) is 12.5. The molecule has 1 unspecified atom stereocenters. The van der Waals surface area contributed by atoms with Gasteiger partial charge >= 0.3 is 12.0 Å². The van der Waals surface area contributed by atoms with Gasteiger partial charge in [-0.05, 0) is 30.1 Å². The fraction of sp³-hybridized carbons (Fsp3) is 0.857. The van der Waals surface area contributed by atoms with Crippen LogP contribution < -0.4 is 10.6 Å². The van der Waals surface area contributed by atoms with E-state index in [4.69, 9.17) is 5.11 Å². The minimum absolute atomic E-state index is 0.143. The van der Waals surface area contributed by atoms with Gasteiger partial charge in [-0.1, -0.05) is 34.6 Å². The highest BCUT2D eigenvalue weighted by atomic mass is 16.4. The Morgan fingerprint density at radius 1 is 1.32 bits per heavy atom. The lowest BCUT2D eigenvalue weighted by Crippen LogP contribution is -2.53. The Morgan fingerprint density at radius 3 is 2.26 bits per heavy atom. The van der Waals surface area contributed by atoms with Crippen LogP contribution >= 0.6 is 0 Å². The van der Waals surface area contributed by atoms with Crippen LogP contribution in [0.5, 0.6) is 0 Å². The van der Waals surface area contributed by atoms with Gasteiger partial charge in [0.05, 0.1) is 0 Å². The van der Waals surface area contributed by atoms with Crippen molar-refractivity contribution >= 4 is 12.0 Å². The summed E-state index contributed by atoms with van der Waals surface area (Å²) in [6.45, 7) is 9.75. The highest BCUT2D eigenvalue weighted by molar-refractivity contribution is 5.83. The summed E-state index contributed by atoms with van der Waals surface area (Å²) in [5.41, 5.74) is -0.258. The first-order chi connectivity index (χ1) is 8.51. The van der Waals surface area contributed by atoms with Crippen LogP contribution in [-0.2, 0) is 4.79 Å². The van der Waals surface area contributed by atoms with Gasteiger partial charge in [-0.15, -0.1) is 0 Å². The zero-order valence-corrected chi connectivity index (χ0v) is 12.5. The van der Waals surface area contributed by atoms with Crippen molar-refractivity contribution in [3.8, 4) is 0 Å². The van der Waals surface area contributed by atoms with E-state index in [9.17, 15) is 9.59 Å². The molecular formula is C14H26N2O3. The molecule has 3 N–H and O–H groups in total. The number of carboxylic acids is 1. The Morgan fingerprint density at radius 2 is 1.89 bits per heavy atom. The van der Waals surface area contributed by atoms with Gasteiger partial charge in [-0.3, -0.25) is 0 Å². The number of urea groups is 1. The van der Waals surface area contributed by atoms with Crippen molar-refractivity contribution in [1.82, 2.24) is 10.6 Å². The number of carboxylic acid groups (broad SMARTS) is 1. The molecule has 2 atom stereocenters. The largest absolute Gasteiger partial charge is 0.480 e. The molecule has 5 heteroatoms. The fourth-order valence-corrected chi connectivity index (χ4v) is 2.57. The summed E-state index contributed by atoms with van der Waals surface area (Å²) in [6, 6.07) is -1.13. The van der Waals surface area contributed by atoms with Crippen LogP contribution in [0.4, 0.5) is 4.79 Å². The molecule has 1 aliphatic carbocycles. The molecule has 0 aliphatic heterocycles. The first kappa shape index (κ1) is 15.8. The van der Waals surface area contributed by atoms with E-state index in [2.05, 4.69) is 24.5 Å². The van der Waals surface area contributed by atoms with Crippen molar-refractivity contribution in [3.05, 3.63) is 0 Å². The minimum Gasteiger partial charge on any atom is -0.480 e. The molecule has 110 valence electrons. The summed E-state index contributed by atoms with van der Waals surface area (Å²) < 4.78 is 0. The summed E-state index contributed by atoms with van der Waals surface area (Å²) in [4.78, 5) is 23.1. The van der Waals surface area contributed by atoms with Crippen LogP contribution in [-0.4, -0.2) is 29.2 Å². The Balaban J connectivity index is 2.53. The second kappa shape index (κ2) is 5.39. The SMILES string of the molecule is CC1(C)CCC(NC(=O)N[C@@H](C(=O)O)C(C)(C)C)C1. The molecule has 1 fully saturated rings. The third-order valence-electron chi connectivity index (χ3n) is 3.69. The highest BCUT2D eigenvalue weighted by Crippen LogP contribution is 2.36. The second-order valence-corrected chi connectivity index (χ2v) is 7.36. The number of hydrogen-bond acceptors (Lipinski definition) is 2. The predicted octanol–water partition coefficient (Wildman–Crippen LogP) is 2.36. The van der Waals surface area contributed by atoms with Gasteiger partial charge in [0, 0.05) is 6.04 Å². The highest BCUT2D eigenvalue weighted by Gasteiger charge is 2.35. The molecule has 0 bridgehead atoms. The molecule has 0 spiro atoms. The lowest BCUT2D eigenvalue weighted by atomic mass is 9.87. The van der Waals surface area contributed by atoms with Gasteiger partial charge in [0.2, 0.25) is 0 Å². The predicted molar refractivity (Wildman–Crippen MR) is 74.0 cm³/mol. The molecule has 0 aromatic rings. The van der Waals surface area contributed by atoms with E-state index in [0.29, 0.717) is 0 Å². The van der Waals surface area contributed by atoms with Crippen molar-refractivity contribution in [3.63, 3.8) is 0 Å². The van der Waals surface area contributed by atoms with Crippen molar-refractivity contribution in [2.45, 2.75) is 66.0 Å². The standard InChI is InChI=1S/C14H26N2O3/c1-13(2,3)10(11(17)18)16-12(19)15-9-6-7-14(4,5)8-9/h9-10H,6-8H2,1-5H3,(H,17,18)(H2,15,16,19)/t9?,10-/m0/s1. The van der Waals surface area contributed by atoms with Crippen LogP contribution in [0.2, 0.25) is 0 Å². The summed E-state index contributed by atoms with van der Waals surface area (Å²) in [6.07, 6.45) is 2.97. The van der Waals surface area contributed by atoms with Crippen LogP contribution in [0.15, 0.2) is 0 Å². The average Bonchev–Trinajstić information content (AvgIpc) is 2.52. The number of aliphatic carboxylic acids is 1. The van der Waals surface area contributed by atoms with Crippen LogP contribution in [0.1, 0.15) is 53.9 Å². The van der Waals surface area contributed by atoms with Crippen LogP contribution in [0, 0.1) is 10.8 Å². The molecule has 5 nitrogen and oxygen atoms in total. The van der Waals surface area contributed by atoms with E-state index in [1.165, 1.54) is 0 Å². The van der Waals surface area contributed by atoms with Crippen LogP contribution in [0.25, 0.3) is 0 Å². The Bertz CT molecular complexity index is 358. The van der Waals surface area contributed by atoms with E-state index in [1.807, 2.05) is 0 Å². The third kappa shape index (κ3) is 4.73. The van der Waals surface area contributed by atoms with E-state index >= 15 is 0 Å². The molecule has 0 aromatic heterocycles. The Kier molecular flexibility index (Phi) is 4.48. The van der Waals surface area contributed by atoms with Crippen LogP contribution in [0.3, 0.4) is 0 Å². The van der Waals surface area contributed by atoms with Crippen molar-refractivity contribution in [2.75, 3.05) is 0 Å². The average molecular weight is 270 g/mol. The molecule has 2 amide bonds. The maximum atomic E-state index is 11.9. The molecule has 0 aromatic carbocycles. The lowest BCUT2D eigenvalue weighted by Gasteiger charge is -2.28. The summed E-state index contributed by atoms with van der Waals surface area (Å²) in [5.74, 6) is -1.01. The molecular weight excluding hydrogens is 244 g/mol. The van der Waals surface area contributed by atoms with E-state index in [0.717, 1.165) is 19.3 Å². The second-order valence-electron chi connectivity index (χ2n) is 7.36. The van der Waals surface area contributed by atoms with Gasteiger partial charge in [0.1, 0.15) is 6.04 Å². The molecule has 0 radical (unpaired) electrons. The maximum Gasteiger partial charge on any atom is 0.326 e. The van der Waals surface area contributed by atoms with E-state index in [-0.39, 0.29) is 17.5 Å². The zero-order chi connectivity index (χ0) is 14.8. The number of carbonyl (C=O) groups excluding carboxylic acids is 1. The molecule has 1 rings (SSSR count). The Labute approximate surface area is 115 Å². The fourth-order valence-electron chi connectivity index (χ4n) is 2.57. The van der Waals surface area contributed by atoms with Gasteiger partial charge < -0.3 is 15.7 Å². The summed E-state index contributed by atoms with van der Waals surface area (Å²) in [5, 5.41) is 14.6. The number of amides is 2. The van der Waals surface area contributed by atoms with Crippen molar-refractivity contribution in [2.24, 2.45) is 10.8 Å². The maximum absolute atomic E-state index is 11.9. The molecule has 0 heterocycles. The molecule has 1 saturated carbocycles. The third-order valence-corrected chi connectivity index (χ3v) is 3.69. The summed E-state index contributed by atoms with van der Waals surface area (Å²) in [7, 11) is 0. The first-order valence-corrected chi connectivity index (χ1v) is 6.81. The van der Waals surface area contributed by atoms with Gasteiger partial charge in [-0.2, -0.15) is 0 Å². The van der Waals surface area contributed by atoms with E-state index in [1.54, 1.807) is 20.8 Å². The molecule has 1 aliphatic rings. The summed E-state index contributed by atoms with van der Waals surface area (Å²) >= 11 is 0. The minimum atomic E-state index is -1.01. The quantitative estimate of drug-likeness (QED) is 0.736. The van der Waals surface area contributed by atoms with E-state index < -0.39 is 17.4 Å². The van der Waals surface area contributed by atoms with Gasteiger partial charge in [-0.25, -0.2) is 9.59 Å². The van der Waals surface area contributed by atoms with Gasteiger partial charge in [0.25, 0.3) is 0 Å². The molecule has 0 saturated heterocycles. The monoisotopic (exact) mass is 270 g/mol. The topological polar surface area (TPSA) is 78.4 Å². The number of rotatable bonds is 3. The smallest absolute Gasteiger partial charge is 0.326 e. The lowest BCUT2D eigenvalue weighted by molar-refractivity contribution is -0.141. The molecule has 19 heavy (non-hydrogen) atoms. The first-order valence-electron chi connectivity index (χ1n) is 6.81. The number of nitrogens with one attached hydrogen (secondary N) is 2. The van der Waals surface area contributed by atoms with Crippen molar-refractivity contribution in [1.29, 1.82) is 0 Å². The number of carbonyl (C=O) groups is 2. The Hall–Kier alpha value is -1.26.